The number of anilines is 2. The molecule has 3 aromatic rings. The Morgan fingerprint density at radius 1 is 1.30 bits per heavy atom. The van der Waals surface area contributed by atoms with Crippen molar-refractivity contribution in [1.29, 1.82) is 0 Å². The maximum Gasteiger partial charge on any atom is 0.326 e. The molecule has 212 valence electrons. The van der Waals surface area contributed by atoms with E-state index >= 15 is 0 Å². The van der Waals surface area contributed by atoms with E-state index in [1.54, 1.807) is 24.5 Å². The first-order valence-electron chi connectivity index (χ1n) is 12.8. The summed E-state index contributed by atoms with van der Waals surface area (Å²) in [4.78, 5) is 31.4. The highest BCUT2D eigenvalue weighted by Gasteiger charge is 2.50. The Balaban J connectivity index is 1.29. The first-order valence-corrected chi connectivity index (χ1v) is 13.6. The van der Waals surface area contributed by atoms with Gasteiger partial charge in [-0.15, -0.1) is 0 Å². The number of nitrogens with zero attached hydrogens (tertiary/aromatic N) is 5. The number of halogens is 3. The highest BCUT2D eigenvalue weighted by atomic mass is 79.9. The van der Waals surface area contributed by atoms with Gasteiger partial charge in [-0.1, -0.05) is 0 Å². The number of carboxylic acid groups (broad SMARTS) is 1. The number of carboxylic acids is 1. The fraction of sp³-hybridized carbons (Fsp3) is 0.462. The maximum absolute atomic E-state index is 13.7. The molecular formula is C26H27BrF2N6O5. The molecule has 3 aromatic heterocycles. The van der Waals surface area contributed by atoms with E-state index in [2.05, 4.69) is 47.7 Å². The minimum atomic E-state index is -2.93. The van der Waals surface area contributed by atoms with Crippen molar-refractivity contribution in [2.45, 2.75) is 43.6 Å². The Morgan fingerprint density at radius 3 is 2.80 bits per heavy atom. The second kappa shape index (κ2) is 10.6. The Kier molecular flexibility index (Phi) is 7.09. The summed E-state index contributed by atoms with van der Waals surface area (Å²) in [6.45, 7) is 4.32. The van der Waals surface area contributed by atoms with Crippen molar-refractivity contribution < 1.29 is 32.9 Å². The number of hydrogen-bond acceptors (Lipinski definition) is 9. The Hall–Kier alpha value is -3.36. The molecule has 0 amide bonds. The lowest BCUT2D eigenvalue weighted by Gasteiger charge is -2.53. The molecule has 3 fully saturated rings. The van der Waals surface area contributed by atoms with Gasteiger partial charge in [0.05, 0.1) is 43.8 Å². The van der Waals surface area contributed by atoms with Crippen molar-refractivity contribution in [2.24, 2.45) is 0 Å². The number of ether oxygens (including phenoxy) is 3. The number of nitrogens with one attached hydrogen (secondary N) is 1. The second-order valence-electron chi connectivity index (χ2n) is 10.1. The molecule has 6 heterocycles. The van der Waals surface area contributed by atoms with Crippen LogP contribution in [0.15, 0.2) is 41.1 Å². The molecule has 0 radical (unpaired) electrons. The predicted molar refractivity (Wildman–Crippen MR) is 143 cm³/mol. The number of aromatic nitrogens is 4. The predicted octanol–water partition coefficient (Wildman–Crippen LogP) is 3.67. The molecule has 3 aliphatic heterocycles. The molecule has 0 aliphatic carbocycles. The van der Waals surface area contributed by atoms with E-state index in [9.17, 15) is 18.7 Å². The number of carbonyl (C=O) groups is 1. The zero-order chi connectivity index (χ0) is 28.0. The Morgan fingerprint density at radius 2 is 2.12 bits per heavy atom. The normalized spacial score (nSPS) is 24.0. The average molecular weight is 621 g/mol. The third-order valence-corrected chi connectivity index (χ3v) is 8.10. The van der Waals surface area contributed by atoms with Crippen LogP contribution in [0.2, 0.25) is 0 Å². The minimum absolute atomic E-state index is 0.0134. The van der Waals surface area contributed by atoms with Crippen molar-refractivity contribution in [3.05, 3.63) is 47.0 Å². The number of rotatable bonds is 7. The van der Waals surface area contributed by atoms with Crippen LogP contribution in [-0.4, -0.2) is 87.7 Å². The van der Waals surface area contributed by atoms with Crippen LogP contribution in [0.25, 0.3) is 11.4 Å². The van der Waals surface area contributed by atoms with Crippen LogP contribution < -0.4 is 14.5 Å². The van der Waals surface area contributed by atoms with Crippen LogP contribution in [0.3, 0.4) is 0 Å². The van der Waals surface area contributed by atoms with Crippen LogP contribution in [0, 0.1) is 0 Å². The smallest absolute Gasteiger partial charge is 0.326 e. The first kappa shape index (κ1) is 26.8. The van der Waals surface area contributed by atoms with E-state index in [4.69, 9.17) is 14.2 Å². The highest BCUT2D eigenvalue weighted by Crippen LogP contribution is 2.40. The van der Waals surface area contributed by atoms with Crippen molar-refractivity contribution in [3.8, 4) is 17.3 Å². The molecule has 0 unspecified atom stereocenters. The molecule has 2 N–H and O–H groups in total. The number of hydrogen-bond donors (Lipinski definition) is 2. The summed E-state index contributed by atoms with van der Waals surface area (Å²) in [7, 11) is 0. The molecule has 1 spiro atoms. The minimum Gasteiger partial charge on any atom is -0.480 e. The Labute approximate surface area is 236 Å². The molecule has 6 rings (SSSR count). The highest BCUT2D eigenvalue weighted by molar-refractivity contribution is 9.10. The van der Waals surface area contributed by atoms with E-state index in [1.165, 1.54) is 11.0 Å². The fourth-order valence-corrected chi connectivity index (χ4v) is 5.79. The number of H-pyrrole nitrogens is 1. The number of aromatic amines is 1. The summed E-state index contributed by atoms with van der Waals surface area (Å²) in [5, 5.41) is 10.0. The molecule has 0 saturated carbocycles. The molecule has 40 heavy (non-hydrogen) atoms. The van der Waals surface area contributed by atoms with Gasteiger partial charge in [0.15, 0.2) is 5.82 Å². The van der Waals surface area contributed by atoms with Gasteiger partial charge in [0.2, 0.25) is 5.88 Å². The average Bonchev–Trinajstić information content (AvgIpc) is 3.60. The lowest BCUT2D eigenvalue weighted by molar-refractivity contribution is -0.228. The fourth-order valence-electron chi connectivity index (χ4n) is 5.47. The molecule has 11 nitrogen and oxygen atoms in total. The zero-order valence-corrected chi connectivity index (χ0v) is 23.1. The maximum atomic E-state index is 13.7. The molecule has 3 atom stereocenters. The van der Waals surface area contributed by atoms with Crippen molar-refractivity contribution in [2.75, 3.05) is 42.7 Å². The summed E-state index contributed by atoms with van der Waals surface area (Å²) in [6, 6.07) is 5.78. The van der Waals surface area contributed by atoms with E-state index in [0.29, 0.717) is 37.9 Å². The summed E-state index contributed by atoms with van der Waals surface area (Å²) < 4.78 is 46.0. The number of aliphatic carboxylic acids is 1. The van der Waals surface area contributed by atoms with E-state index in [-0.39, 0.29) is 30.5 Å². The summed E-state index contributed by atoms with van der Waals surface area (Å²) >= 11 is 3.50. The standard InChI is InChI=1S/C26H27BrF2N6O5/c1-14-26(12-38-13-26)39-6-5-34(14)19-7-15(27)10-31-24(19)40-16-8-20(25(36)37)35(11-16)21-9-18(17-3-2-4-30-17)32-23(33-21)22(28)29/h2-4,7,9-10,14,16,20,22,30H,5-6,8,11-13H2,1H3,(H,36,37)/t14-,16-,20-/m0/s1. The van der Waals surface area contributed by atoms with E-state index in [1.807, 2.05) is 6.07 Å². The van der Waals surface area contributed by atoms with Gasteiger partial charge in [0.1, 0.15) is 29.3 Å². The number of alkyl halides is 2. The third-order valence-electron chi connectivity index (χ3n) is 7.67. The van der Waals surface area contributed by atoms with Gasteiger partial charge < -0.3 is 34.1 Å². The molecule has 0 bridgehead atoms. The van der Waals surface area contributed by atoms with Crippen molar-refractivity contribution in [3.63, 3.8) is 0 Å². The molecule has 3 aliphatic rings. The van der Waals surface area contributed by atoms with Crippen LogP contribution >= 0.6 is 15.9 Å². The largest absolute Gasteiger partial charge is 0.480 e. The second-order valence-corrected chi connectivity index (χ2v) is 11.0. The first-order chi connectivity index (χ1) is 19.2. The van der Waals surface area contributed by atoms with Crippen LogP contribution in [0.4, 0.5) is 20.3 Å². The molecule has 3 saturated heterocycles. The van der Waals surface area contributed by atoms with Crippen molar-refractivity contribution >= 4 is 33.4 Å². The molecular weight excluding hydrogens is 594 g/mol. The lowest BCUT2D eigenvalue weighted by Crippen LogP contribution is -2.68. The van der Waals surface area contributed by atoms with Gasteiger partial charge in [-0.2, -0.15) is 0 Å². The topological polar surface area (TPSA) is 126 Å². The van der Waals surface area contributed by atoms with Crippen LogP contribution in [-0.2, 0) is 14.3 Å². The van der Waals surface area contributed by atoms with Gasteiger partial charge >= 0.3 is 5.97 Å². The SMILES string of the molecule is C[C@@H]1N(c2cc(Br)cnc2O[C@H]2C[C@@H](C(=O)O)N(c3cc(-c4ccc[nH]4)nc(C(F)F)n3)C2)CCOC12COC2. The third kappa shape index (κ3) is 4.88. The van der Waals surface area contributed by atoms with E-state index in [0.717, 1.165) is 10.2 Å². The number of morpholine rings is 1. The zero-order valence-electron chi connectivity index (χ0n) is 21.5. The monoisotopic (exact) mass is 620 g/mol. The molecule has 14 heteroatoms. The Bertz CT molecular complexity index is 1390. The van der Waals surface area contributed by atoms with Gasteiger partial charge in [0, 0.05) is 35.9 Å². The van der Waals surface area contributed by atoms with Gasteiger partial charge in [0.25, 0.3) is 6.43 Å². The number of pyridine rings is 1. The van der Waals surface area contributed by atoms with Crippen LogP contribution in [0.1, 0.15) is 25.6 Å². The quantitative estimate of drug-likeness (QED) is 0.404. The van der Waals surface area contributed by atoms with Crippen LogP contribution in [0.5, 0.6) is 5.88 Å². The van der Waals surface area contributed by atoms with Gasteiger partial charge in [-0.3, -0.25) is 0 Å². The lowest BCUT2D eigenvalue weighted by atomic mass is 9.90. The summed E-state index contributed by atoms with van der Waals surface area (Å²) in [5.74, 6) is -1.34. The van der Waals surface area contributed by atoms with Gasteiger partial charge in [-0.05, 0) is 41.1 Å². The van der Waals surface area contributed by atoms with Gasteiger partial charge in [-0.25, -0.2) is 28.5 Å². The van der Waals surface area contributed by atoms with Crippen molar-refractivity contribution in [1.82, 2.24) is 19.9 Å². The summed E-state index contributed by atoms with van der Waals surface area (Å²) in [6.07, 6.45) is -0.146. The van der Waals surface area contributed by atoms with E-state index < -0.39 is 36.0 Å². The molecule has 0 aromatic carbocycles. The summed E-state index contributed by atoms with van der Waals surface area (Å²) in [5.41, 5.74) is 1.11.